The molecule has 23 heavy (non-hydrogen) atoms. The van der Waals surface area contributed by atoms with Crippen LogP contribution in [0.2, 0.25) is 0 Å². The van der Waals surface area contributed by atoms with Gasteiger partial charge in [0.05, 0.1) is 0 Å². The summed E-state index contributed by atoms with van der Waals surface area (Å²) in [5, 5.41) is 0. The van der Waals surface area contributed by atoms with Crippen LogP contribution < -0.4 is 4.90 Å². The van der Waals surface area contributed by atoms with Crippen LogP contribution in [0, 0.1) is 0 Å². The average Bonchev–Trinajstić information content (AvgIpc) is 2.60. The summed E-state index contributed by atoms with van der Waals surface area (Å²) < 4.78 is 0. The van der Waals surface area contributed by atoms with Gasteiger partial charge in [-0.2, -0.15) is 0 Å². The average molecular weight is 317 g/mol. The molecule has 0 aliphatic rings. The van der Waals surface area contributed by atoms with Crippen LogP contribution in [-0.2, 0) is 6.54 Å². The number of anilines is 1. The summed E-state index contributed by atoms with van der Waals surface area (Å²) in [7, 11) is 8.23. The van der Waals surface area contributed by atoms with Crippen LogP contribution >= 0.6 is 0 Å². The van der Waals surface area contributed by atoms with Crippen molar-refractivity contribution in [3.05, 3.63) is 66.2 Å². The molecule has 0 atom stereocenters. The van der Waals surface area contributed by atoms with Crippen LogP contribution in [-0.4, -0.2) is 33.1 Å². The van der Waals surface area contributed by atoms with Crippen molar-refractivity contribution in [1.82, 2.24) is 4.90 Å². The van der Waals surface area contributed by atoms with E-state index >= 15 is 0 Å². The Bertz CT molecular complexity index is 436. The molecule has 2 rings (SSSR count). The fraction of sp³-hybridized carbons (Fsp3) is 0.429. The molecule has 0 aliphatic carbocycles. The standard InChI is InChI=1S/C9H13N.C8H11N.2C2H6/c1-10(2)8-9-6-4-3-5-7-9;1-9(2)8-6-4-3-5-7-8;2*1-2/h3-7H,8H2,1-2H3;3-7H,1-2H3;2*1-2H3. The molecule has 0 saturated carbocycles. The summed E-state index contributed by atoms with van der Waals surface area (Å²) in [5.41, 5.74) is 2.62. The predicted molar refractivity (Wildman–Crippen MR) is 107 cm³/mol. The minimum atomic E-state index is 1.03. The van der Waals surface area contributed by atoms with Crippen molar-refractivity contribution >= 4 is 5.69 Å². The predicted octanol–water partition coefficient (Wildman–Crippen LogP) is 5.55. The van der Waals surface area contributed by atoms with Gasteiger partial charge in [-0.25, -0.2) is 0 Å². The van der Waals surface area contributed by atoms with Crippen LogP contribution in [0.1, 0.15) is 33.3 Å². The smallest absolute Gasteiger partial charge is 0.0360 e. The molecular weight excluding hydrogens is 280 g/mol. The summed E-state index contributed by atoms with van der Waals surface area (Å²) in [5.74, 6) is 0. The third-order valence-electron chi connectivity index (χ3n) is 2.61. The van der Waals surface area contributed by atoms with E-state index in [1.807, 2.05) is 66.1 Å². The molecule has 0 fully saturated rings. The van der Waals surface area contributed by atoms with Gasteiger partial charge in [-0.1, -0.05) is 76.2 Å². The molecule has 130 valence electrons. The van der Waals surface area contributed by atoms with Crippen LogP contribution in [0.15, 0.2) is 60.7 Å². The maximum absolute atomic E-state index is 2.16. The highest BCUT2D eigenvalue weighted by Gasteiger charge is 1.90. The van der Waals surface area contributed by atoms with Crippen LogP contribution in [0.3, 0.4) is 0 Å². The van der Waals surface area contributed by atoms with E-state index in [0.717, 1.165) is 6.54 Å². The Morgan fingerprint density at radius 2 is 1.00 bits per heavy atom. The van der Waals surface area contributed by atoms with E-state index in [4.69, 9.17) is 0 Å². The zero-order valence-electron chi connectivity index (χ0n) is 16.4. The lowest BCUT2D eigenvalue weighted by Gasteiger charge is -2.10. The highest BCUT2D eigenvalue weighted by Crippen LogP contribution is 2.07. The Kier molecular flexibility index (Phi) is 16.9. The third kappa shape index (κ3) is 13.6. The normalized spacial score (nSPS) is 8.57. The molecule has 0 aliphatic heterocycles. The second-order valence-electron chi connectivity index (χ2n) is 4.95. The molecule has 2 nitrogen and oxygen atoms in total. The number of benzene rings is 2. The maximum Gasteiger partial charge on any atom is 0.0360 e. The Labute approximate surface area is 144 Å². The first-order valence-electron chi connectivity index (χ1n) is 8.50. The van der Waals surface area contributed by atoms with E-state index in [9.17, 15) is 0 Å². The quantitative estimate of drug-likeness (QED) is 0.732. The molecule has 0 amide bonds. The minimum Gasteiger partial charge on any atom is -0.378 e. The topological polar surface area (TPSA) is 6.48 Å². The van der Waals surface area contributed by atoms with Crippen molar-refractivity contribution in [2.75, 3.05) is 33.1 Å². The number of hydrogen-bond acceptors (Lipinski definition) is 2. The van der Waals surface area contributed by atoms with Gasteiger partial charge in [-0.15, -0.1) is 0 Å². The van der Waals surface area contributed by atoms with Crippen LogP contribution in [0.5, 0.6) is 0 Å². The zero-order valence-corrected chi connectivity index (χ0v) is 16.4. The van der Waals surface area contributed by atoms with Gasteiger partial charge >= 0.3 is 0 Å². The second-order valence-corrected chi connectivity index (χ2v) is 4.95. The van der Waals surface area contributed by atoms with E-state index in [2.05, 4.69) is 60.3 Å². The highest BCUT2D eigenvalue weighted by molar-refractivity contribution is 5.43. The maximum atomic E-state index is 2.16. The minimum absolute atomic E-state index is 1.03. The van der Waals surface area contributed by atoms with Crippen molar-refractivity contribution in [3.8, 4) is 0 Å². The van der Waals surface area contributed by atoms with Gasteiger partial charge in [0.15, 0.2) is 0 Å². The number of para-hydroxylation sites is 1. The summed E-state index contributed by atoms with van der Waals surface area (Å²) >= 11 is 0. The van der Waals surface area contributed by atoms with Gasteiger partial charge in [-0.3, -0.25) is 0 Å². The molecule has 0 aromatic heterocycles. The van der Waals surface area contributed by atoms with Crippen molar-refractivity contribution in [2.45, 2.75) is 34.2 Å². The zero-order chi connectivity index (χ0) is 18.1. The molecule has 2 aromatic carbocycles. The Balaban J connectivity index is 0. The van der Waals surface area contributed by atoms with Crippen LogP contribution in [0.25, 0.3) is 0 Å². The fourth-order valence-electron chi connectivity index (χ4n) is 1.67. The SMILES string of the molecule is CC.CC.CN(C)Cc1ccccc1.CN(C)c1ccccc1. The lowest BCUT2D eigenvalue weighted by molar-refractivity contribution is 0.402. The van der Waals surface area contributed by atoms with Crippen molar-refractivity contribution in [2.24, 2.45) is 0 Å². The van der Waals surface area contributed by atoms with Gasteiger partial charge in [0.25, 0.3) is 0 Å². The first-order valence-corrected chi connectivity index (χ1v) is 8.50. The molecule has 2 aromatic rings. The first kappa shape index (κ1) is 23.5. The van der Waals surface area contributed by atoms with Gasteiger partial charge in [0.1, 0.15) is 0 Å². The first-order chi connectivity index (χ1) is 11.1. The highest BCUT2D eigenvalue weighted by atomic mass is 15.1. The Hall–Kier alpha value is -1.80. The molecule has 0 bridgehead atoms. The lowest BCUT2D eigenvalue weighted by Crippen LogP contribution is -2.10. The molecule has 0 N–H and O–H groups in total. The van der Waals surface area contributed by atoms with Crippen molar-refractivity contribution in [3.63, 3.8) is 0 Å². The lowest BCUT2D eigenvalue weighted by atomic mass is 10.2. The number of rotatable bonds is 3. The van der Waals surface area contributed by atoms with Crippen molar-refractivity contribution < 1.29 is 0 Å². The molecule has 0 unspecified atom stereocenters. The molecule has 0 heterocycles. The summed E-state index contributed by atoms with van der Waals surface area (Å²) in [4.78, 5) is 4.25. The fourth-order valence-corrected chi connectivity index (χ4v) is 1.67. The van der Waals surface area contributed by atoms with E-state index < -0.39 is 0 Å². The largest absolute Gasteiger partial charge is 0.378 e. The van der Waals surface area contributed by atoms with E-state index in [0.29, 0.717) is 0 Å². The summed E-state index contributed by atoms with van der Waals surface area (Å²) in [6.07, 6.45) is 0. The molecule has 2 heteroatoms. The van der Waals surface area contributed by atoms with Gasteiger partial charge in [-0.05, 0) is 31.8 Å². The van der Waals surface area contributed by atoms with E-state index in [-0.39, 0.29) is 0 Å². The van der Waals surface area contributed by atoms with E-state index in [1.165, 1.54) is 11.3 Å². The Morgan fingerprint density at radius 3 is 1.30 bits per heavy atom. The monoisotopic (exact) mass is 316 g/mol. The van der Waals surface area contributed by atoms with Crippen LogP contribution in [0.4, 0.5) is 5.69 Å². The number of nitrogens with zero attached hydrogens (tertiary/aromatic N) is 2. The van der Waals surface area contributed by atoms with E-state index in [1.54, 1.807) is 0 Å². The van der Waals surface area contributed by atoms with Gasteiger partial charge in [0, 0.05) is 26.3 Å². The van der Waals surface area contributed by atoms with Gasteiger partial charge < -0.3 is 9.80 Å². The Morgan fingerprint density at radius 1 is 0.609 bits per heavy atom. The number of hydrogen-bond donors (Lipinski definition) is 0. The molecule has 0 saturated heterocycles. The van der Waals surface area contributed by atoms with Gasteiger partial charge in [0.2, 0.25) is 0 Å². The van der Waals surface area contributed by atoms with Crippen molar-refractivity contribution in [1.29, 1.82) is 0 Å². The molecular formula is C21H36N2. The summed E-state index contributed by atoms with van der Waals surface area (Å²) in [6.45, 7) is 9.03. The summed E-state index contributed by atoms with van der Waals surface area (Å²) in [6, 6.07) is 20.7. The third-order valence-corrected chi connectivity index (χ3v) is 2.61. The molecule has 0 radical (unpaired) electrons. The second kappa shape index (κ2) is 16.6. The molecule has 0 spiro atoms.